The second kappa shape index (κ2) is 35.7. The van der Waals surface area contributed by atoms with Crippen LogP contribution in [-0.4, -0.2) is 222 Å². The third-order valence-corrected chi connectivity index (χ3v) is 11.9. The number of aromatic hydroxyl groups is 2. The molecule has 3 aliphatic rings. The molecule has 0 radical (unpaired) electrons. The Hall–Kier alpha value is -5.91. The monoisotopic (exact) mass is 1130 g/mol. The quantitative estimate of drug-likeness (QED) is 0.0236. The summed E-state index contributed by atoms with van der Waals surface area (Å²) in [6.45, 7) is 11.1. The number of thiocarbonyl (C=S) groups is 1. The van der Waals surface area contributed by atoms with Gasteiger partial charge in [0.05, 0.1) is 164 Å². The number of phenols is 2. The van der Waals surface area contributed by atoms with E-state index in [0.29, 0.717) is 216 Å². The minimum Gasteiger partial charge on any atom is -0.508 e. The molecule has 3 aliphatic heterocycles. The molecule has 0 bridgehead atoms. The Bertz CT molecular complexity index is 2340. The zero-order chi connectivity index (χ0) is 55.8. The number of phenolic OH excluding ortho intramolecular Hbond substituents is 2. The van der Waals surface area contributed by atoms with Crippen LogP contribution in [0.2, 0.25) is 0 Å². The van der Waals surface area contributed by atoms with E-state index in [2.05, 4.69) is 16.0 Å². The van der Waals surface area contributed by atoms with Gasteiger partial charge in [0.1, 0.15) is 23.0 Å². The number of hydrogen-bond donors (Lipinski definition) is 5. The van der Waals surface area contributed by atoms with Crippen LogP contribution in [0, 0.1) is 0 Å². The number of carbonyl (C=O) groups excluding carboxylic acids is 4. The molecule has 3 heterocycles. The van der Waals surface area contributed by atoms with E-state index in [1.54, 1.807) is 30.3 Å². The summed E-state index contributed by atoms with van der Waals surface area (Å²) in [5.74, 6) is -1.04. The molecule has 434 valence electrons. The minimum atomic E-state index is -1.34. The summed E-state index contributed by atoms with van der Waals surface area (Å²) >= 11 is 5.47. The molecule has 0 saturated heterocycles. The highest BCUT2D eigenvalue weighted by Crippen LogP contribution is 2.57. The van der Waals surface area contributed by atoms with Crippen molar-refractivity contribution in [2.45, 2.75) is 12.0 Å². The zero-order valence-electron chi connectivity index (χ0n) is 44.2. The molecule has 3 aromatic rings. The number of benzene rings is 3. The number of amides is 3. The van der Waals surface area contributed by atoms with E-state index >= 15 is 0 Å². The normalized spacial score (nSPS) is 13.8. The second-order valence-electron chi connectivity index (χ2n) is 17.3. The number of imide groups is 1. The van der Waals surface area contributed by atoms with Crippen LogP contribution in [0.4, 0.5) is 5.69 Å². The van der Waals surface area contributed by atoms with Gasteiger partial charge in [-0.25, -0.2) is 4.79 Å². The van der Waals surface area contributed by atoms with Crippen LogP contribution >= 0.6 is 12.2 Å². The van der Waals surface area contributed by atoms with Gasteiger partial charge in [0.15, 0.2) is 10.7 Å². The second-order valence-corrected chi connectivity index (χ2v) is 17.7. The van der Waals surface area contributed by atoms with E-state index in [-0.39, 0.29) is 30.4 Å². The SMILES string of the molecule is O=C(CCN1C(=O)C=CC1=O)NCCOCCOCCOCCOCCOCCOCCOCCOCCOCCOCCOCCOCCNC(=S)Nc1ccc2c(c1)C(=O)OC21c2ccc(O)cc2Oc2cc(O)ccc21. The maximum absolute atomic E-state index is 13.4. The fourth-order valence-corrected chi connectivity index (χ4v) is 8.15. The van der Waals surface area contributed by atoms with Crippen LogP contribution < -0.4 is 20.7 Å². The number of ether oxygens (including phenoxy) is 14. The van der Waals surface area contributed by atoms with E-state index in [1.165, 1.54) is 36.4 Å². The topological polar surface area (TPSA) is 277 Å². The van der Waals surface area contributed by atoms with Crippen molar-refractivity contribution in [2.75, 3.05) is 184 Å². The Kier molecular flexibility index (Phi) is 28.1. The summed E-state index contributed by atoms with van der Waals surface area (Å²) in [4.78, 5) is 49.2. The lowest BCUT2D eigenvalue weighted by molar-refractivity contribution is -0.137. The first-order valence-electron chi connectivity index (χ1n) is 26.2. The Morgan fingerprint density at radius 2 is 0.861 bits per heavy atom. The summed E-state index contributed by atoms with van der Waals surface area (Å²) in [5.41, 5.74) is 1.25. The van der Waals surface area contributed by atoms with Crippen LogP contribution in [0.15, 0.2) is 66.7 Å². The zero-order valence-corrected chi connectivity index (χ0v) is 45.1. The highest BCUT2D eigenvalue weighted by atomic mass is 32.1. The Morgan fingerprint density at radius 1 is 0.494 bits per heavy atom. The molecule has 0 atom stereocenters. The number of rotatable bonds is 43. The number of fused-ring (bicyclic) bond motifs is 6. The lowest BCUT2D eigenvalue weighted by Crippen LogP contribution is -2.35. The first-order valence-corrected chi connectivity index (χ1v) is 26.6. The molecule has 79 heavy (non-hydrogen) atoms. The van der Waals surface area contributed by atoms with Gasteiger partial charge in [-0.1, -0.05) is 6.07 Å². The van der Waals surface area contributed by atoms with Crippen LogP contribution in [-0.2, 0) is 81.6 Å². The largest absolute Gasteiger partial charge is 0.508 e. The smallest absolute Gasteiger partial charge is 0.340 e. The molecule has 0 aliphatic carbocycles. The standard InChI is InChI=1S/C54H72N4O20S/c59-41-2-5-45-47(38-41)77-48-39-42(60)3-6-46(48)54(45)44-4-1-40(37-43(44)52(64)78-54)57-53(79)56-11-14-66-16-18-68-20-22-70-24-26-72-28-30-74-32-34-76-36-35-75-33-31-73-29-27-71-25-23-69-21-19-67-17-15-65-13-10-55-49(61)9-12-58-50(62)7-8-51(58)63/h1-8,37-39,59-60H,9-36H2,(H,55,61)(H2,56,57,79). The third kappa shape index (κ3) is 21.3. The molecule has 0 fully saturated rings. The first kappa shape index (κ1) is 62.3. The Balaban J connectivity index is 0.617. The van der Waals surface area contributed by atoms with Crippen molar-refractivity contribution in [3.63, 3.8) is 0 Å². The van der Waals surface area contributed by atoms with E-state index in [1.807, 2.05) is 0 Å². The third-order valence-electron chi connectivity index (χ3n) is 11.7. The predicted octanol–water partition coefficient (Wildman–Crippen LogP) is 2.58. The molecule has 0 aromatic heterocycles. The van der Waals surface area contributed by atoms with Crippen LogP contribution in [0.25, 0.3) is 0 Å². The summed E-state index contributed by atoms with van der Waals surface area (Å²) < 4.78 is 78.3. The Labute approximate surface area is 464 Å². The lowest BCUT2D eigenvalue weighted by atomic mass is 9.77. The van der Waals surface area contributed by atoms with Crippen molar-refractivity contribution in [1.29, 1.82) is 0 Å². The van der Waals surface area contributed by atoms with E-state index in [4.69, 9.17) is 78.5 Å². The maximum atomic E-state index is 13.4. The highest BCUT2D eigenvalue weighted by molar-refractivity contribution is 7.80. The molecule has 6 rings (SSSR count). The van der Waals surface area contributed by atoms with Crippen molar-refractivity contribution in [3.05, 3.63) is 89.0 Å². The van der Waals surface area contributed by atoms with E-state index in [0.717, 1.165) is 4.90 Å². The average Bonchev–Trinajstić information content (AvgIpc) is 3.76. The van der Waals surface area contributed by atoms with Gasteiger partial charge in [-0.05, 0) is 48.6 Å². The molecule has 5 N–H and O–H groups in total. The molecule has 24 nitrogen and oxygen atoms in total. The Morgan fingerprint density at radius 3 is 1.27 bits per heavy atom. The molecule has 3 amide bonds. The van der Waals surface area contributed by atoms with Gasteiger partial charge in [-0.2, -0.15) is 0 Å². The van der Waals surface area contributed by atoms with Gasteiger partial charge in [0.25, 0.3) is 11.8 Å². The number of anilines is 1. The summed E-state index contributed by atoms with van der Waals surface area (Å²) in [6.07, 6.45) is 2.42. The van der Waals surface area contributed by atoms with Gasteiger partial charge in [-0.3, -0.25) is 19.3 Å². The van der Waals surface area contributed by atoms with Crippen LogP contribution in [0.3, 0.4) is 0 Å². The van der Waals surface area contributed by atoms with Crippen LogP contribution in [0.5, 0.6) is 23.0 Å². The average molecular weight is 1130 g/mol. The van der Waals surface area contributed by atoms with Crippen molar-refractivity contribution in [1.82, 2.24) is 15.5 Å². The maximum Gasteiger partial charge on any atom is 0.340 e. The molecule has 25 heteroatoms. The van der Waals surface area contributed by atoms with Gasteiger partial charge in [-0.15, -0.1) is 0 Å². The molecule has 0 unspecified atom stereocenters. The summed E-state index contributed by atoms with van der Waals surface area (Å²) in [5, 5.41) is 29.5. The van der Waals surface area contributed by atoms with Crippen LogP contribution in [0.1, 0.15) is 33.5 Å². The van der Waals surface area contributed by atoms with Crippen molar-refractivity contribution < 1.29 is 95.7 Å². The predicted molar refractivity (Wildman–Crippen MR) is 286 cm³/mol. The highest BCUT2D eigenvalue weighted by Gasteiger charge is 2.53. The van der Waals surface area contributed by atoms with Gasteiger partial charge >= 0.3 is 5.97 Å². The molecule has 3 aromatic carbocycles. The number of nitrogens with zero attached hydrogens (tertiary/aromatic N) is 1. The summed E-state index contributed by atoms with van der Waals surface area (Å²) in [6, 6.07) is 14.5. The van der Waals surface area contributed by atoms with Gasteiger partial charge in [0.2, 0.25) is 5.91 Å². The molecule has 1 spiro atoms. The van der Waals surface area contributed by atoms with Crippen molar-refractivity contribution in [2.24, 2.45) is 0 Å². The fraction of sp³-hybridized carbons (Fsp3) is 0.537. The molecule has 0 saturated carbocycles. The van der Waals surface area contributed by atoms with E-state index < -0.39 is 23.4 Å². The summed E-state index contributed by atoms with van der Waals surface area (Å²) in [7, 11) is 0. The number of nitrogens with one attached hydrogen (secondary N) is 3. The molecular weight excluding hydrogens is 1060 g/mol. The van der Waals surface area contributed by atoms with Gasteiger partial charge in [0, 0.05) is 72.7 Å². The molecular formula is C54H72N4O20S. The number of carbonyl (C=O) groups is 4. The lowest BCUT2D eigenvalue weighted by Gasteiger charge is -2.36. The van der Waals surface area contributed by atoms with E-state index in [9.17, 15) is 29.4 Å². The number of esters is 1. The van der Waals surface area contributed by atoms with Crippen molar-refractivity contribution >= 4 is 46.7 Å². The fourth-order valence-electron chi connectivity index (χ4n) is 7.93. The van der Waals surface area contributed by atoms with Crippen molar-refractivity contribution in [3.8, 4) is 23.0 Å². The van der Waals surface area contributed by atoms with Gasteiger partial charge < -0.3 is 92.5 Å². The number of hydrogen-bond acceptors (Lipinski definition) is 21. The minimum absolute atomic E-state index is 0.0181. The first-order chi connectivity index (χ1) is 38.7.